The van der Waals surface area contributed by atoms with Crippen LogP contribution in [0.4, 0.5) is 8.78 Å². The topological polar surface area (TPSA) is 69.6 Å². The van der Waals surface area contributed by atoms with Crippen molar-refractivity contribution in [3.05, 3.63) is 0 Å². The third-order valence-electron chi connectivity index (χ3n) is 2.39. The Labute approximate surface area is 112 Å². The highest BCUT2D eigenvalue weighted by atomic mass is 19.3. The number of rotatable bonds is 7. The Bertz CT molecular complexity index is 304. The minimum atomic E-state index is -2.64. The summed E-state index contributed by atoms with van der Waals surface area (Å²) < 4.78 is 24.5. The summed E-state index contributed by atoms with van der Waals surface area (Å²) in [7, 11) is 0. The van der Waals surface area contributed by atoms with Crippen LogP contribution in [0, 0.1) is 5.41 Å². The number of hydrogen-bond donors (Lipinski definition) is 2. The Hall–Kier alpha value is -1.24. The maximum absolute atomic E-state index is 12.2. The van der Waals surface area contributed by atoms with Gasteiger partial charge in [-0.2, -0.15) is 0 Å². The normalized spacial score (nSPS) is 11.5. The van der Waals surface area contributed by atoms with Gasteiger partial charge in [0, 0.05) is 24.9 Å². The molecule has 112 valence electrons. The van der Waals surface area contributed by atoms with Crippen molar-refractivity contribution < 1.29 is 23.5 Å². The summed E-state index contributed by atoms with van der Waals surface area (Å²) in [6.07, 6.45) is -2.70. The van der Waals surface area contributed by atoms with E-state index < -0.39 is 24.3 Å². The van der Waals surface area contributed by atoms with Gasteiger partial charge >= 0.3 is 0 Å². The summed E-state index contributed by atoms with van der Waals surface area (Å²) in [5, 5.41) is 11.3. The molecule has 0 aliphatic rings. The van der Waals surface area contributed by atoms with Crippen molar-refractivity contribution in [2.24, 2.45) is 5.41 Å². The highest BCUT2D eigenvalue weighted by molar-refractivity contribution is 5.82. The van der Waals surface area contributed by atoms with Gasteiger partial charge in [0.1, 0.15) is 0 Å². The third-order valence-corrected chi connectivity index (χ3v) is 2.39. The van der Waals surface area contributed by atoms with E-state index in [0.717, 1.165) is 4.90 Å². The number of carbonyl (C=O) groups excluding carboxylic acids is 2. The fourth-order valence-electron chi connectivity index (χ4n) is 1.31. The average Bonchev–Trinajstić information content (AvgIpc) is 2.26. The van der Waals surface area contributed by atoms with E-state index in [0.29, 0.717) is 0 Å². The van der Waals surface area contributed by atoms with Crippen molar-refractivity contribution in [3.63, 3.8) is 0 Å². The number of amides is 2. The Morgan fingerprint density at radius 2 is 1.89 bits per heavy atom. The number of hydrogen-bond acceptors (Lipinski definition) is 3. The monoisotopic (exact) mass is 280 g/mol. The van der Waals surface area contributed by atoms with Crippen LogP contribution in [0.3, 0.4) is 0 Å². The maximum Gasteiger partial charge on any atom is 0.255 e. The van der Waals surface area contributed by atoms with E-state index in [-0.39, 0.29) is 32.0 Å². The summed E-state index contributed by atoms with van der Waals surface area (Å²) in [5.74, 6) is -0.716. The summed E-state index contributed by atoms with van der Waals surface area (Å²) in [4.78, 5) is 24.1. The molecular formula is C12H22F2N2O3. The lowest BCUT2D eigenvalue weighted by molar-refractivity contribution is -0.134. The van der Waals surface area contributed by atoms with E-state index in [1.807, 2.05) is 0 Å². The maximum atomic E-state index is 12.2. The van der Waals surface area contributed by atoms with E-state index in [4.69, 9.17) is 5.11 Å². The Morgan fingerprint density at radius 3 is 2.32 bits per heavy atom. The molecule has 0 unspecified atom stereocenters. The van der Waals surface area contributed by atoms with E-state index >= 15 is 0 Å². The van der Waals surface area contributed by atoms with Crippen molar-refractivity contribution in [2.45, 2.75) is 33.6 Å². The predicted octanol–water partition coefficient (Wildman–Crippen LogP) is 0.625. The van der Waals surface area contributed by atoms with Crippen molar-refractivity contribution in [3.8, 4) is 0 Å². The second kappa shape index (κ2) is 8.04. The molecule has 0 radical (unpaired) electrons. The Kier molecular flexibility index (Phi) is 7.51. The largest absolute Gasteiger partial charge is 0.395 e. The first-order valence-corrected chi connectivity index (χ1v) is 6.13. The molecule has 0 aliphatic carbocycles. The van der Waals surface area contributed by atoms with E-state index in [1.54, 1.807) is 20.8 Å². The minimum Gasteiger partial charge on any atom is -0.395 e. The molecule has 0 aromatic carbocycles. The van der Waals surface area contributed by atoms with E-state index in [2.05, 4.69) is 5.32 Å². The standard InChI is InChI=1S/C12H22F2N2O3/c1-12(2,3)11(19)15-5-4-10(18)16(6-7-17)8-9(13)14/h9,17H,4-8H2,1-3H3,(H,15,19). The number of nitrogens with zero attached hydrogens (tertiary/aromatic N) is 1. The molecule has 2 N–H and O–H groups in total. The van der Waals surface area contributed by atoms with Gasteiger partial charge in [-0.15, -0.1) is 0 Å². The van der Waals surface area contributed by atoms with Gasteiger partial charge in [0.15, 0.2) is 0 Å². The molecule has 0 spiro atoms. The lowest BCUT2D eigenvalue weighted by Gasteiger charge is -2.22. The van der Waals surface area contributed by atoms with Gasteiger partial charge in [-0.25, -0.2) is 8.78 Å². The van der Waals surface area contributed by atoms with Crippen LogP contribution in [0.1, 0.15) is 27.2 Å². The Morgan fingerprint density at radius 1 is 1.32 bits per heavy atom. The van der Waals surface area contributed by atoms with Crippen molar-refractivity contribution >= 4 is 11.8 Å². The Balaban J connectivity index is 4.16. The highest BCUT2D eigenvalue weighted by Crippen LogP contribution is 2.12. The van der Waals surface area contributed by atoms with Crippen LogP contribution >= 0.6 is 0 Å². The second-order valence-corrected chi connectivity index (χ2v) is 5.21. The SMILES string of the molecule is CC(C)(C)C(=O)NCCC(=O)N(CCO)CC(F)F. The molecule has 0 saturated heterocycles. The van der Waals surface area contributed by atoms with Gasteiger partial charge in [0.25, 0.3) is 6.43 Å². The zero-order valence-electron chi connectivity index (χ0n) is 11.6. The van der Waals surface area contributed by atoms with Gasteiger partial charge in [0.2, 0.25) is 11.8 Å². The smallest absolute Gasteiger partial charge is 0.255 e. The molecule has 0 aromatic rings. The first-order chi connectivity index (χ1) is 8.68. The molecule has 2 amide bonds. The third kappa shape index (κ3) is 7.71. The quantitative estimate of drug-likeness (QED) is 0.718. The van der Waals surface area contributed by atoms with Crippen molar-refractivity contribution in [1.82, 2.24) is 10.2 Å². The van der Waals surface area contributed by atoms with Gasteiger partial charge in [0.05, 0.1) is 13.2 Å². The summed E-state index contributed by atoms with van der Waals surface area (Å²) in [6.45, 7) is 4.10. The van der Waals surface area contributed by atoms with Gasteiger partial charge in [-0.3, -0.25) is 9.59 Å². The van der Waals surface area contributed by atoms with Gasteiger partial charge < -0.3 is 15.3 Å². The van der Waals surface area contributed by atoms with Crippen LogP contribution in [0.2, 0.25) is 0 Å². The number of nitrogens with one attached hydrogen (secondary N) is 1. The van der Waals surface area contributed by atoms with E-state index in [1.165, 1.54) is 0 Å². The molecule has 0 bridgehead atoms. The minimum absolute atomic E-state index is 0.0610. The van der Waals surface area contributed by atoms with Crippen LogP contribution in [0.15, 0.2) is 0 Å². The fraction of sp³-hybridized carbons (Fsp3) is 0.833. The highest BCUT2D eigenvalue weighted by Gasteiger charge is 2.22. The second-order valence-electron chi connectivity index (χ2n) is 5.21. The molecule has 0 rings (SSSR count). The zero-order valence-corrected chi connectivity index (χ0v) is 11.6. The lowest BCUT2D eigenvalue weighted by Crippen LogP contribution is -2.40. The number of aliphatic hydroxyl groups is 1. The molecule has 5 nitrogen and oxygen atoms in total. The van der Waals surface area contributed by atoms with Crippen molar-refractivity contribution in [1.29, 1.82) is 0 Å². The summed E-state index contributed by atoms with van der Waals surface area (Å²) in [5.41, 5.74) is -0.559. The number of alkyl halides is 2. The van der Waals surface area contributed by atoms with Crippen LogP contribution in [0.5, 0.6) is 0 Å². The molecule has 0 aliphatic heterocycles. The van der Waals surface area contributed by atoms with Gasteiger partial charge in [-0.1, -0.05) is 20.8 Å². The first-order valence-electron chi connectivity index (χ1n) is 6.13. The molecule has 0 heterocycles. The van der Waals surface area contributed by atoms with Crippen LogP contribution in [-0.2, 0) is 9.59 Å². The number of carbonyl (C=O) groups is 2. The average molecular weight is 280 g/mol. The first kappa shape index (κ1) is 17.8. The van der Waals surface area contributed by atoms with Gasteiger partial charge in [-0.05, 0) is 0 Å². The fourth-order valence-corrected chi connectivity index (χ4v) is 1.31. The molecule has 0 fully saturated rings. The molecule has 7 heteroatoms. The molecule has 19 heavy (non-hydrogen) atoms. The van der Waals surface area contributed by atoms with Crippen LogP contribution < -0.4 is 5.32 Å². The van der Waals surface area contributed by atoms with Crippen LogP contribution in [-0.4, -0.2) is 54.5 Å². The molecule has 0 aromatic heterocycles. The van der Waals surface area contributed by atoms with Crippen LogP contribution in [0.25, 0.3) is 0 Å². The number of aliphatic hydroxyl groups excluding tert-OH is 1. The lowest BCUT2D eigenvalue weighted by atomic mass is 9.96. The summed E-state index contributed by atoms with van der Waals surface area (Å²) in [6, 6.07) is 0. The summed E-state index contributed by atoms with van der Waals surface area (Å²) >= 11 is 0. The number of halogens is 2. The van der Waals surface area contributed by atoms with Crippen molar-refractivity contribution in [2.75, 3.05) is 26.2 Å². The van der Waals surface area contributed by atoms with E-state index in [9.17, 15) is 18.4 Å². The predicted molar refractivity (Wildman–Crippen MR) is 66.8 cm³/mol. The molecule has 0 atom stereocenters. The zero-order chi connectivity index (χ0) is 15.1. The molecular weight excluding hydrogens is 258 g/mol. The molecule has 0 saturated carbocycles.